The number of hydrogen-bond donors (Lipinski definition) is 2. The van der Waals surface area contributed by atoms with Crippen LogP contribution >= 0.6 is 0 Å². The Morgan fingerprint density at radius 1 is 1.29 bits per heavy atom. The first-order valence-corrected chi connectivity index (χ1v) is 7.75. The first kappa shape index (κ1) is 15.7. The van der Waals surface area contributed by atoms with E-state index in [9.17, 15) is 4.79 Å². The number of carbonyl (C=O) groups is 1. The van der Waals surface area contributed by atoms with E-state index in [2.05, 4.69) is 20.6 Å². The van der Waals surface area contributed by atoms with Crippen LogP contribution in [0, 0.1) is 0 Å². The van der Waals surface area contributed by atoms with Crippen LogP contribution in [0.15, 0.2) is 12.4 Å². The highest BCUT2D eigenvalue weighted by molar-refractivity contribution is 5.91. The summed E-state index contributed by atoms with van der Waals surface area (Å²) in [5, 5.41) is 5.84. The van der Waals surface area contributed by atoms with Crippen LogP contribution in [-0.4, -0.2) is 41.7 Å². The van der Waals surface area contributed by atoms with Crippen molar-refractivity contribution in [1.82, 2.24) is 15.3 Å². The zero-order valence-electron chi connectivity index (χ0n) is 12.6. The van der Waals surface area contributed by atoms with Gasteiger partial charge in [0, 0.05) is 13.1 Å². The van der Waals surface area contributed by atoms with E-state index >= 15 is 0 Å². The van der Waals surface area contributed by atoms with Crippen LogP contribution in [0.25, 0.3) is 0 Å². The number of nitrogens with one attached hydrogen (secondary N) is 2. The van der Waals surface area contributed by atoms with Gasteiger partial charge in [0.1, 0.15) is 11.5 Å². The molecule has 0 radical (unpaired) electrons. The topological polar surface area (TPSA) is 76.1 Å². The smallest absolute Gasteiger partial charge is 0.271 e. The Hall–Kier alpha value is -1.69. The van der Waals surface area contributed by atoms with Crippen LogP contribution < -0.4 is 10.6 Å². The molecule has 1 fully saturated rings. The third kappa shape index (κ3) is 5.30. The maximum atomic E-state index is 11.9. The highest BCUT2D eigenvalue weighted by Crippen LogP contribution is 2.19. The van der Waals surface area contributed by atoms with E-state index in [0.717, 1.165) is 19.4 Å². The molecule has 2 N–H and O–H groups in total. The van der Waals surface area contributed by atoms with Gasteiger partial charge >= 0.3 is 0 Å². The van der Waals surface area contributed by atoms with Gasteiger partial charge in [0.05, 0.1) is 25.1 Å². The maximum Gasteiger partial charge on any atom is 0.271 e. The van der Waals surface area contributed by atoms with Crippen LogP contribution in [0.3, 0.4) is 0 Å². The lowest BCUT2D eigenvalue weighted by atomic mass is 9.98. The van der Waals surface area contributed by atoms with Gasteiger partial charge in [-0.1, -0.05) is 19.3 Å². The second-order valence-electron chi connectivity index (χ2n) is 5.20. The molecule has 6 heteroatoms. The first-order valence-electron chi connectivity index (χ1n) is 7.75. The average molecular weight is 292 g/mol. The number of rotatable bonds is 7. The van der Waals surface area contributed by atoms with Gasteiger partial charge in [-0.3, -0.25) is 4.79 Å². The molecule has 0 unspecified atom stereocenters. The zero-order chi connectivity index (χ0) is 14.9. The minimum absolute atomic E-state index is 0.210. The van der Waals surface area contributed by atoms with E-state index in [4.69, 9.17) is 4.74 Å². The standard InChI is InChI=1S/C15H24N4O2/c1-2-16-14-11-18-13(10-19-14)15(20)17-8-9-21-12-6-4-3-5-7-12/h10-12H,2-9H2,1H3,(H,16,19)(H,17,20). The molecule has 0 atom stereocenters. The van der Waals surface area contributed by atoms with E-state index in [0.29, 0.717) is 30.8 Å². The summed E-state index contributed by atoms with van der Waals surface area (Å²) in [4.78, 5) is 20.1. The highest BCUT2D eigenvalue weighted by atomic mass is 16.5. The van der Waals surface area contributed by atoms with Crippen molar-refractivity contribution in [3.05, 3.63) is 18.1 Å². The summed E-state index contributed by atoms with van der Waals surface area (Å²) in [5.74, 6) is 0.465. The molecule has 1 aliphatic rings. The summed E-state index contributed by atoms with van der Waals surface area (Å²) < 4.78 is 5.76. The van der Waals surface area contributed by atoms with E-state index in [1.807, 2.05) is 6.92 Å². The van der Waals surface area contributed by atoms with Gasteiger partial charge in [0.25, 0.3) is 5.91 Å². The van der Waals surface area contributed by atoms with Gasteiger partial charge < -0.3 is 15.4 Å². The van der Waals surface area contributed by atoms with E-state index < -0.39 is 0 Å². The SMILES string of the molecule is CCNc1cnc(C(=O)NCCOC2CCCCC2)cn1. The van der Waals surface area contributed by atoms with Gasteiger partial charge in [0.15, 0.2) is 0 Å². The summed E-state index contributed by atoms with van der Waals surface area (Å²) in [5.41, 5.74) is 0.328. The Morgan fingerprint density at radius 3 is 2.76 bits per heavy atom. The minimum atomic E-state index is -0.210. The molecule has 1 aromatic heterocycles. The molecule has 1 aliphatic carbocycles. The lowest BCUT2D eigenvalue weighted by molar-refractivity contribution is 0.0299. The molecule has 0 saturated heterocycles. The van der Waals surface area contributed by atoms with Crippen LogP contribution in [0.5, 0.6) is 0 Å². The third-order valence-electron chi connectivity index (χ3n) is 3.54. The summed E-state index contributed by atoms with van der Waals surface area (Å²) in [6, 6.07) is 0. The molecule has 1 heterocycles. The van der Waals surface area contributed by atoms with Gasteiger partial charge in [-0.05, 0) is 19.8 Å². The fourth-order valence-electron chi connectivity index (χ4n) is 2.43. The quantitative estimate of drug-likeness (QED) is 0.752. The lowest BCUT2D eigenvalue weighted by Gasteiger charge is -2.21. The number of carbonyl (C=O) groups excluding carboxylic acids is 1. The lowest BCUT2D eigenvalue weighted by Crippen LogP contribution is -2.30. The van der Waals surface area contributed by atoms with Crippen molar-refractivity contribution in [2.75, 3.05) is 25.0 Å². The molecule has 1 amide bonds. The molecule has 0 spiro atoms. The molecule has 2 rings (SSSR count). The monoisotopic (exact) mass is 292 g/mol. The normalized spacial score (nSPS) is 15.7. The molecule has 116 valence electrons. The molecule has 6 nitrogen and oxygen atoms in total. The molecule has 0 aliphatic heterocycles. The van der Waals surface area contributed by atoms with Gasteiger partial charge in [-0.25, -0.2) is 9.97 Å². The van der Waals surface area contributed by atoms with Crippen LogP contribution in [0.2, 0.25) is 0 Å². The first-order chi connectivity index (χ1) is 10.3. The van der Waals surface area contributed by atoms with Crippen molar-refractivity contribution in [3.63, 3.8) is 0 Å². The number of anilines is 1. The second kappa shape index (κ2) is 8.56. The molecule has 21 heavy (non-hydrogen) atoms. The number of amides is 1. The van der Waals surface area contributed by atoms with E-state index in [1.54, 1.807) is 6.20 Å². The van der Waals surface area contributed by atoms with Crippen LogP contribution in [-0.2, 0) is 4.74 Å². The fourth-order valence-corrected chi connectivity index (χ4v) is 2.43. The van der Waals surface area contributed by atoms with E-state index in [1.165, 1.54) is 25.5 Å². The summed E-state index contributed by atoms with van der Waals surface area (Å²) in [6.07, 6.45) is 9.53. The van der Waals surface area contributed by atoms with Gasteiger partial charge in [-0.15, -0.1) is 0 Å². The van der Waals surface area contributed by atoms with Crippen molar-refractivity contribution in [2.45, 2.75) is 45.1 Å². The molecule has 1 aromatic rings. The average Bonchev–Trinajstić information content (AvgIpc) is 2.53. The Labute approximate surface area is 125 Å². The summed E-state index contributed by atoms with van der Waals surface area (Å²) in [6.45, 7) is 3.82. The molecule has 1 saturated carbocycles. The third-order valence-corrected chi connectivity index (χ3v) is 3.54. The van der Waals surface area contributed by atoms with Crippen molar-refractivity contribution >= 4 is 11.7 Å². The van der Waals surface area contributed by atoms with Crippen molar-refractivity contribution in [2.24, 2.45) is 0 Å². The van der Waals surface area contributed by atoms with Gasteiger partial charge in [-0.2, -0.15) is 0 Å². The Morgan fingerprint density at radius 2 is 2.10 bits per heavy atom. The van der Waals surface area contributed by atoms with E-state index in [-0.39, 0.29) is 5.91 Å². The highest BCUT2D eigenvalue weighted by Gasteiger charge is 2.13. The van der Waals surface area contributed by atoms with Crippen molar-refractivity contribution in [1.29, 1.82) is 0 Å². The number of ether oxygens (including phenoxy) is 1. The van der Waals surface area contributed by atoms with Crippen molar-refractivity contribution < 1.29 is 9.53 Å². The summed E-state index contributed by atoms with van der Waals surface area (Å²) in [7, 11) is 0. The van der Waals surface area contributed by atoms with Crippen LogP contribution in [0.4, 0.5) is 5.82 Å². The Bertz CT molecular complexity index is 430. The molecule has 0 aromatic carbocycles. The van der Waals surface area contributed by atoms with Crippen molar-refractivity contribution in [3.8, 4) is 0 Å². The zero-order valence-corrected chi connectivity index (χ0v) is 12.6. The minimum Gasteiger partial charge on any atom is -0.376 e. The molecular formula is C15H24N4O2. The predicted molar refractivity (Wildman–Crippen MR) is 81.4 cm³/mol. The van der Waals surface area contributed by atoms with Gasteiger partial charge in [0.2, 0.25) is 0 Å². The van der Waals surface area contributed by atoms with Crippen LogP contribution in [0.1, 0.15) is 49.5 Å². The Balaban J connectivity index is 1.66. The second-order valence-corrected chi connectivity index (χ2v) is 5.20. The maximum absolute atomic E-state index is 11.9. The molecule has 0 bridgehead atoms. The largest absolute Gasteiger partial charge is 0.376 e. The summed E-state index contributed by atoms with van der Waals surface area (Å²) >= 11 is 0. The predicted octanol–water partition coefficient (Wildman–Crippen LogP) is 1.99. The molecular weight excluding hydrogens is 268 g/mol. The fraction of sp³-hybridized carbons (Fsp3) is 0.667. The number of aromatic nitrogens is 2. The number of nitrogens with zero attached hydrogens (tertiary/aromatic N) is 2. The Kier molecular flexibility index (Phi) is 6.40. The number of hydrogen-bond acceptors (Lipinski definition) is 5.